The van der Waals surface area contributed by atoms with Crippen molar-refractivity contribution in [1.29, 1.82) is 0 Å². The summed E-state index contributed by atoms with van der Waals surface area (Å²) in [5, 5.41) is 0.495. The lowest BCUT2D eigenvalue weighted by Crippen LogP contribution is -2.20. The van der Waals surface area contributed by atoms with Gasteiger partial charge in [-0.25, -0.2) is 9.37 Å². The number of hydrogen-bond donors (Lipinski definition) is 1. The summed E-state index contributed by atoms with van der Waals surface area (Å²) in [6, 6.07) is 5.69. The monoisotopic (exact) mass is 274 g/mol. The standard InChI is InChI=1S/C13H7FN2O2S/c14-7-3-1-6(2-4-7)13-16-10-11(18)8(15)5-9(17)12(10)19-13/h1-5H,15H2. The first-order valence-corrected chi connectivity index (χ1v) is 6.21. The van der Waals surface area contributed by atoms with Gasteiger partial charge in [0.05, 0.1) is 5.70 Å². The maximum Gasteiger partial charge on any atom is 0.228 e. The number of fused-ring (bicyclic) bond motifs is 1. The zero-order valence-electron chi connectivity index (χ0n) is 9.51. The van der Waals surface area contributed by atoms with Crippen molar-refractivity contribution < 1.29 is 14.0 Å². The van der Waals surface area contributed by atoms with E-state index < -0.39 is 5.78 Å². The first-order chi connectivity index (χ1) is 9.06. The summed E-state index contributed by atoms with van der Waals surface area (Å²) in [7, 11) is 0. The molecule has 19 heavy (non-hydrogen) atoms. The van der Waals surface area contributed by atoms with E-state index in [1.54, 1.807) is 12.1 Å². The third-order valence-electron chi connectivity index (χ3n) is 2.71. The lowest BCUT2D eigenvalue weighted by Gasteiger charge is -2.04. The number of nitrogens with two attached hydrogens (primary N) is 1. The SMILES string of the molecule is NC1=CC(=O)c2sc(-c3ccc(F)cc3)nc2C1=O. The van der Waals surface area contributed by atoms with Crippen LogP contribution < -0.4 is 5.73 Å². The Hall–Kier alpha value is -2.34. The van der Waals surface area contributed by atoms with Gasteiger partial charge in [-0.15, -0.1) is 11.3 Å². The quantitative estimate of drug-likeness (QED) is 0.865. The number of Topliss-reactive ketones (excluding diaryl/α,β-unsaturated/α-hetero) is 1. The molecule has 0 radical (unpaired) electrons. The number of nitrogens with zero attached hydrogens (tertiary/aromatic N) is 1. The van der Waals surface area contributed by atoms with Crippen molar-refractivity contribution >= 4 is 22.9 Å². The van der Waals surface area contributed by atoms with Crippen LogP contribution in [0.2, 0.25) is 0 Å². The van der Waals surface area contributed by atoms with E-state index in [0.717, 1.165) is 17.4 Å². The second-order valence-corrected chi connectivity index (χ2v) is 5.00. The second kappa shape index (κ2) is 4.10. The Balaban J connectivity index is 2.11. The summed E-state index contributed by atoms with van der Waals surface area (Å²) >= 11 is 1.10. The highest BCUT2D eigenvalue weighted by Crippen LogP contribution is 2.31. The Morgan fingerprint density at radius 3 is 2.53 bits per heavy atom. The van der Waals surface area contributed by atoms with E-state index in [0.29, 0.717) is 10.6 Å². The fourth-order valence-electron chi connectivity index (χ4n) is 1.77. The third-order valence-corrected chi connectivity index (χ3v) is 3.82. The van der Waals surface area contributed by atoms with Crippen molar-refractivity contribution in [2.45, 2.75) is 0 Å². The number of halogens is 1. The van der Waals surface area contributed by atoms with Crippen LogP contribution in [0, 0.1) is 5.82 Å². The van der Waals surface area contributed by atoms with Gasteiger partial charge < -0.3 is 5.73 Å². The lowest BCUT2D eigenvalue weighted by atomic mass is 10.1. The zero-order valence-corrected chi connectivity index (χ0v) is 10.3. The van der Waals surface area contributed by atoms with Crippen molar-refractivity contribution in [2.24, 2.45) is 5.73 Å². The molecule has 6 heteroatoms. The minimum Gasteiger partial charge on any atom is -0.395 e. The first kappa shape index (κ1) is 11.7. The Morgan fingerprint density at radius 2 is 1.84 bits per heavy atom. The summed E-state index contributed by atoms with van der Waals surface area (Å²) in [4.78, 5) is 28.0. The van der Waals surface area contributed by atoms with Gasteiger partial charge in [0, 0.05) is 11.6 Å². The maximum absolute atomic E-state index is 12.9. The van der Waals surface area contributed by atoms with Crippen LogP contribution in [0.1, 0.15) is 20.2 Å². The number of allylic oxidation sites excluding steroid dienone is 2. The fraction of sp³-hybridized carbons (Fsp3) is 0. The molecule has 4 nitrogen and oxygen atoms in total. The Bertz CT molecular complexity index is 732. The number of carbonyl (C=O) groups excluding carboxylic acids is 2. The molecule has 1 heterocycles. The van der Waals surface area contributed by atoms with E-state index in [4.69, 9.17) is 5.73 Å². The number of aromatic nitrogens is 1. The van der Waals surface area contributed by atoms with Crippen LogP contribution in [-0.4, -0.2) is 16.6 Å². The molecule has 3 rings (SSSR count). The molecule has 2 N–H and O–H groups in total. The van der Waals surface area contributed by atoms with Crippen LogP contribution in [-0.2, 0) is 0 Å². The van der Waals surface area contributed by atoms with E-state index in [2.05, 4.69) is 4.98 Å². The number of ketones is 2. The molecule has 0 bridgehead atoms. The molecular weight excluding hydrogens is 267 g/mol. The topological polar surface area (TPSA) is 73.1 Å². The van der Waals surface area contributed by atoms with E-state index in [1.165, 1.54) is 12.1 Å². The molecule has 1 aromatic carbocycles. The van der Waals surface area contributed by atoms with Crippen LogP contribution in [0.3, 0.4) is 0 Å². The highest BCUT2D eigenvalue weighted by atomic mass is 32.1. The van der Waals surface area contributed by atoms with Crippen molar-refractivity contribution in [3.05, 3.63) is 52.4 Å². The van der Waals surface area contributed by atoms with Crippen LogP contribution in [0.15, 0.2) is 36.0 Å². The highest BCUT2D eigenvalue weighted by Gasteiger charge is 2.28. The Morgan fingerprint density at radius 1 is 1.16 bits per heavy atom. The van der Waals surface area contributed by atoms with Crippen LogP contribution in [0.4, 0.5) is 4.39 Å². The molecule has 0 saturated heterocycles. The summed E-state index contributed by atoms with van der Waals surface area (Å²) in [5.74, 6) is -1.12. The van der Waals surface area contributed by atoms with Gasteiger partial charge in [-0.05, 0) is 24.3 Å². The molecule has 1 aromatic heterocycles. The largest absolute Gasteiger partial charge is 0.395 e. The Labute approximate surface area is 111 Å². The molecule has 1 aliphatic carbocycles. The molecule has 0 fully saturated rings. The van der Waals surface area contributed by atoms with Gasteiger partial charge in [0.1, 0.15) is 21.4 Å². The number of benzene rings is 1. The predicted molar refractivity (Wildman–Crippen MR) is 68.4 cm³/mol. The smallest absolute Gasteiger partial charge is 0.228 e. The summed E-state index contributed by atoms with van der Waals surface area (Å²) in [5.41, 5.74) is 6.08. The number of rotatable bonds is 1. The van der Waals surface area contributed by atoms with Gasteiger partial charge in [0.25, 0.3) is 0 Å². The fourth-order valence-corrected chi connectivity index (χ4v) is 2.74. The summed E-state index contributed by atoms with van der Waals surface area (Å²) in [6.07, 6.45) is 1.11. The van der Waals surface area contributed by atoms with E-state index in [9.17, 15) is 14.0 Å². The zero-order chi connectivity index (χ0) is 13.6. The summed E-state index contributed by atoms with van der Waals surface area (Å²) in [6.45, 7) is 0. The van der Waals surface area contributed by atoms with E-state index in [-0.39, 0.29) is 27.9 Å². The third kappa shape index (κ3) is 1.86. The molecule has 0 atom stereocenters. The molecule has 0 amide bonds. The normalized spacial score (nSPS) is 14.3. The van der Waals surface area contributed by atoms with Crippen LogP contribution >= 0.6 is 11.3 Å². The van der Waals surface area contributed by atoms with Gasteiger partial charge in [0.2, 0.25) is 5.78 Å². The maximum atomic E-state index is 12.9. The van der Waals surface area contributed by atoms with Gasteiger partial charge in [-0.1, -0.05) is 0 Å². The van der Waals surface area contributed by atoms with Gasteiger partial charge in [-0.3, -0.25) is 9.59 Å². The molecular formula is C13H7FN2O2S. The molecule has 0 aliphatic heterocycles. The molecule has 2 aromatic rings. The molecule has 0 saturated carbocycles. The average molecular weight is 274 g/mol. The van der Waals surface area contributed by atoms with Crippen molar-refractivity contribution in [3.63, 3.8) is 0 Å². The molecule has 94 valence electrons. The minimum absolute atomic E-state index is 0.0781. The van der Waals surface area contributed by atoms with E-state index >= 15 is 0 Å². The number of hydrogen-bond acceptors (Lipinski definition) is 5. The van der Waals surface area contributed by atoms with Crippen molar-refractivity contribution in [3.8, 4) is 10.6 Å². The first-order valence-electron chi connectivity index (χ1n) is 5.39. The molecule has 0 unspecified atom stereocenters. The van der Waals surface area contributed by atoms with Crippen LogP contribution in [0.5, 0.6) is 0 Å². The lowest BCUT2D eigenvalue weighted by molar-refractivity contribution is 0.0982. The predicted octanol–water partition coefficient (Wildman–Crippen LogP) is 2.17. The number of carbonyl (C=O) groups is 2. The Kier molecular flexibility index (Phi) is 2.53. The van der Waals surface area contributed by atoms with Crippen molar-refractivity contribution in [2.75, 3.05) is 0 Å². The van der Waals surface area contributed by atoms with Gasteiger partial charge in [-0.2, -0.15) is 0 Å². The number of thiazole rings is 1. The summed E-state index contributed by atoms with van der Waals surface area (Å²) < 4.78 is 12.9. The average Bonchev–Trinajstić information content (AvgIpc) is 2.83. The molecule has 0 spiro atoms. The second-order valence-electron chi connectivity index (χ2n) is 4.00. The molecule has 1 aliphatic rings. The van der Waals surface area contributed by atoms with Gasteiger partial charge in [0.15, 0.2) is 5.78 Å². The highest BCUT2D eigenvalue weighted by molar-refractivity contribution is 7.17. The van der Waals surface area contributed by atoms with Crippen molar-refractivity contribution in [1.82, 2.24) is 4.98 Å². The van der Waals surface area contributed by atoms with Crippen LogP contribution in [0.25, 0.3) is 10.6 Å². The van der Waals surface area contributed by atoms with Gasteiger partial charge >= 0.3 is 0 Å². The van der Waals surface area contributed by atoms with E-state index in [1.807, 2.05) is 0 Å². The minimum atomic E-state index is -0.445.